The molecule has 2 heterocycles. The highest BCUT2D eigenvalue weighted by Gasteiger charge is 2.07. The molecule has 4 aromatic rings. The first-order valence-electron chi connectivity index (χ1n) is 7.17. The number of aromatic nitrogens is 3. The van der Waals surface area contributed by atoms with Crippen LogP contribution in [0.1, 0.15) is 10.7 Å². The zero-order valence-corrected chi connectivity index (χ0v) is 14.0. The fraction of sp³-hybridized carbons (Fsp3) is 0.118. The number of hydrogen-bond acceptors (Lipinski definition) is 5. The molecule has 0 aliphatic carbocycles. The van der Waals surface area contributed by atoms with Gasteiger partial charge in [-0.3, -0.25) is 4.79 Å². The molecule has 0 saturated carbocycles. The molecule has 0 aliphatic rings. The summed E-state index contributed by atoms with van der Waals surface area (Å²) in [5.74, 6) is 0.668. The Kier molecular flexibility index (Phi) is 3.63. The van der Waals surface area contributed by atoms with Crippen LogP contribution in [-0.2, 0) is 5.75 Å². The van der Waals surface area contributed by atoms with E-state index in [4.69, 9.17) is 0 Å². The predicted octanol–water partition coefficient (Wildman–Crippen LogP) is 3.90. The number of aryl methyl sites for hydroxylation is 1. The molecule has 0 amide bonds. The normalized spacial score (nSPS) is 11.3. The van der Waals surface area contributed by atoms with Gasteiger partial charge >= 0.3 is 0 Å². The molecule has 0 N–H and O–H groups in total. The number of thioether (sulfide) groups is 1. The maximum Gasteiger partial charge on any atom is 0.275 e. The van der Waals surface area contributed by atoms with Crippen LogP contribution in [0.3, 0.4) is 0 Å². The molecule has 23 heavy (non-hydrogen) atoms. The van der Waals surface area contributed by atoms with Gasteiger partial charge in [0, 0.05) is 16.7 Å². The maximum atomic E-state index is 12.1. The fourth-order valence-corrected chi connectivity index (χ4v) is 4.04. The zero-order chi connectivity index (χ0) is 15.8. The van der Waals surface area contributed by atoms with Crippen molar-refractivity contribution in [1.82, 2.24) is 14.6 Å². The van der Waals surface area contributed by atoms with E-state index in [0.29, 0.717) is 10.7 Å². The summed E-state index contributed by atoms with van der Waals surface area (Å²) in [6, 6.07) is 16.3. The molecule has 0 bridgehead atoms. The van der Waals surface area contributed by atoms with E-state index in [-0.39, 0.29) is 5.56 Å². The lowest BCUT2D eigenvalue weighted by Gasteiger charge is -2.03. The van der Waals surface area contributed by atoms with Crippen LogP contribution in [0.2, 0.25) is 0 Å². The Morgan fingerprint density at radius 2 is 1.96 bits per heavy atom. The summed E-state index contributed by atoms with van der Waals surface area (Å²) in [5.41, 5.74) is 0.672. The first-order valence-corrected chi connectivity index (χ1v) is 8.97. The molecule has 0 unspecified atom stereocenters. The summed E-state index contributed by atoms with van der Waals surface area (Å²) < 4.78 is 1.37. The molecule has 114 valence electrons. The molecule has 2 aromatic heterocycles. The van der Waals surface area contributed by atoms with Crippen LogP contribution in [0.15, 0.2) is 58.2 Å². The third-order valence-electron chi connectivity index (χ3n) is 3.51. The Hall–Kier alpha value is -2.18. The Morgan fingerprint density at radius 3 is 2.83 bits per heavy atom. The van der Waals surface area contributed by atoms with E-state index in [2.05, 4.69) is 40.4 Å². The summed E-state index contributed by atoms with van der Waals surface area (Å²) in [6.45, 7) is 1.88. The van der Waals surface area contributed by atoms with Crippen LogP contribution < -0.4 is 5.56 Å². The molecule has 4 rings (SSSR count). The van der Waals surface area contributed by atoms with Gasteiger partial charge in [-0.15, -0.1) is 11.8 Å². The van der Waals surface area contributed by atoms with Gasteiger partial charge in [0.1, 0.15) is 5.01 Å². The largest absolute Gasteiger partial charge is 0.275 e. The van der Waals surface area contributed by atoms with Gasteiger partial charge in [0.2, 0.25) is 4.96 Å². The molecule has 4 nitrogen and oxygen atoms in total. The lowest BCUT2D eigenvalue weighted by molar-refractivity contribution is 0.872. The number of hydrogen-bond donors (Lipinski definition) is 0. The Labute approximate surface area is 140 Å². The number of benzene rings is 2. The van der Waals surface area contributed by atoms with Crippen molar-refractivity contribution in [2.24, 2.45) is 0 Å². The van der Waals surface area contributed by atoms with Crippen molar-refractivity contribution in [2.45, 2.75) is 17.6 Å². The number of nitrogens with zero attached hydrogens (tertiary/aromatic N) is 3. The minimum absolute atomic E-state index is 0.117. The Bertz CT molecular complexity index is 1070. The Morgan fingerprint density at radius 1 is 1.13 bits per heavy atom. The van der Waals surface area contributed by atoms with Crippen molar-refractivity contribution in [3.05, 3.63) is 69.6 Å². The van der Waals surface area contributed by atoms with E-state index in [1.165, 1.54) is 31.5 Å². The smallest absolute Gasteiger partial charge is 0.267 e. The topological polar surface area (TPSA) is 47.3 Å². The van der Waals surface area contributed by atoms with Gasteiger partial charge in [-0.2, -0.15) is 9.61 Å². The van der Waals surface area contributed by atoms with Crippen LogP contribution >= 0.6 is 23.1 Å². The van der Waals surface area contributed by atoms with Crippen LogP contribution in [0.4, 0.5) is 0 Å². The second-order valence-corrected chi connectivity index (χ2v) is 7.41. The summed E-state index contributed by atoms with van der Waals surface area (Å²) in [7, 11) is 0. The van der Waals surface area contributed by atoms with Crippen molar-refractivity contribution in [3.63, 3.8) is 0 Å². The monoisotopic (exact) mass is 339 g/mol. The first kappa shape index (κ1) is 14.4. The third kappa shape index (κ3) is 2.87. The van der Waals surface area contributed by atoms with E-state index < -0.39 is 0 Å². The quantitative estimate of drug-likeness (QED) is 0.531. The van der Waals surface area contributed by atoms with Crippen molar-refractivity contribution in [1.29, 1.82) is 0 Å². The molecule has 0 spiro atoms. The van der Waals surface area contributed by atoms with Crippen molar-refractivity contribution < 1.29 is 0 Å². The second kappa shape index (κ2) is 5.79. The fourth-order valence-electron chi connectivity index (χ4n) is 2.44. The van der Waals surface area contributed by atoms with Crippen molar-refractivity contribution in [2.75, 3.05) is 0 Å². The molecule has 0 radical (unpaired) electrons. The van der Waals surface area contributed by atoms with Gasteiger partial charge in [-0.25, -0.2) is 4.98 Å². The lowest BCUT2D eigenvalue weighted by Crippen LogP contribution is -2.15. The first-order chi connectivity index (χ1) is 11.2. The molecule has 2 aromatic carbocycles. The summed E-state index contributed by atoms with van der Waals surface area (Å²) >= 11 is 3.12. The number of rotatable bonds is 3. The third-order valence-corrected chi connectivity index (χ3v) is 5.36. The molecule has 6 heteroatoms. The van der Waals surface area contributed by atoms with Gasteiger partial charge in [0.15, 0.2) is 0 Å². The van der Waals surface area contributed by atoms with Gasteiger partial charge in [0.05, 0.1) is 5.69 Å². The molecule has 0 fully saturated rings. The Balaban J connectivity index is 1.61. The van der Waals surface area contributed by atoms with E-state index in [9.17, 15) is 4.79 Å². The van der Waals surface area contributed by atoms with Crippen LogP contribution in [0.5, 0.6) is 0 Å². The summed E-state index contributed by atoms with van der Waals surface area (Å²) in [5, 5.41) is 7.45. The molecule has 0 atom stereocenters. The summed E-state index contributed by atoms with van der Waals surface area (Å²) in [6.07, 6.45) is 0. The standard InChI is InChI=1S/C17H13N3OS2/c1-11-19-20-16(21)9-14(18-17(20)23-11)10-22-15-7-6-12-4-2-3-5-13(12)8-15/h2-9H,10H2,1H3. The average Bonchev–Trinajstić information content (AvgIpc) is 2.94. The molecule has 0 saturated heterocycles. The maximum absolute atomic E-state index is 12.1. The van der Waals surface area contributed by atoms with Crippen LogP contribution in [0.25, 0.3) is 15.7 Å². The molecule has 0 aliphatic heterocycles. The SMILES string of the molecule is Cc1nn2c(=O)cc(CSc3ccc4ccccc4c3)nc2s1. The highest BCUT2D eigenvalue weighted by Crippen LogP contribution is 2.26. The molecular formula is C17H13N3OS2. The highest BCUT2D eigenvalue weighted by atomic mass is 32.2. The summed E-state index contributed by atoms with van der Waals surface area (Å²) in [4.78, 5) is 18.4. The minimum atomic E-state index is -0.117. The van der Waals surface area contributed by atoms with Crippen LogP contribution in [-0.4, -0.2) is 14.6 Å². The van der Waals surface area contributed by atoms with Gasteiger partial charge < -0.3 is 0 Å². The van der Waals surface area contributed by atoms with E-state index in [1.807, 2.05) is 19.1 Å². The predicted molar refractivity (Wildman–Crippen MR) is 95.4 cm³/mol. The molecular weight excluding hydrogens is 326 g/mol. The van der Waals surface area contributed by atoms with Crippen molar-refractivity contribution >= 4 is 38.8 Å². The van der Waals surface area contributed by atoms with Crippen LogP contribution in [0, 0.1) is 6.92 Å². The minimum Gasteiger partial charge on any atom is -0.267 e. The highest BCUT2D eigenvalue weighted by molar-refractivity contribution is 7.98. The lowest BCUT2D eigenvalue weighted by atomic mass is 10.1. The zero-order valence-electron chi connectivity index (χ0n) is 12.4. The second-order valence-electron chi connectivity index (χ2n) is 5.20. The van der Waals surface area contributed by atoms with E-state index in [0.717, 1.165) is 10.7 Å². The van der Waals surface area contributed by atoms with Crippen molar-refractivity contribution in [3.8, 4) is 0 Å². The average molecular weight is 339 g/mol. The van der Waals surface area contributed by atoms with E-state index in [1.54, 1.807) is 17.8 Å². The van der Waals surface area contributed by atoms with E-state index >= 15 is 0 Å². The van der Waals surface area contributed by atoms with Gasteiger partial charge in [-0.1, -0.05) is 41.7 Å². The van der Waals surface area contributed by atoms with Gasteiger partial charge in [-0.05, 0) is 29.8 Å². The number of fused-ring (bicyclic) bond motifs is 2. The van der Waals surface area contributed by atoms with Gasteiger partial charge in [0.25, 0.3) is 5.56 Å².